The summed E-state index contributed by atoms with van der Waals surface area (Å²) in [5.74, 6) is 1.63. The monoisotopic (exact) mass is 363 g/mol. The average Bonchev–Trinajstić information content (AvgIpc) is 2.68. The zero-order valence-corrected chi connectivity index (χ0v) is 15.5. The van der Waals surface area contributed by atoms with E-state index in [0.717, 1.165) is 17.8 Å². The highest BCUT2D eigenvalue weighted by atomic mass is 16.5. The minimum absolute atomic E-state index is 0.168. The molecule has 1 amide bonds. The van der Waals surface area contributed by atoms with Crippen LogP contribution in [-0.2, 0) is 11.2 Å². The summed E-state index contributed by atoms with van der Waals surface area (Å²) in [5.41, 5.74) is 2.98. The maximum absolute atomic E-state index is 11.4. The molecular weight excluding hydrogens is 342 g/mol. The Morgan fingerprint density at radius 2 is 2.00 bits per heavy atom. The van der Waals surface area contributed by atoms with Gasteiger partial charge in [0.25, 0.3) is 0 Å². The third kappa shape index (κ3) is 4.58. The van der Waals surface area contributed by atoms with E-state index >= 15 is 0 Å². The molecule has 0 radical (unpaired) electrons. The van der Waals surface area contributed by atoms with Crippen LogP contribution in [0.2, 0.25) is 0 Å². The maximum Gasteiger partial charge on any atom is 0.221 e. The molecule has 0 saturated heterocycles. The number of carbonyl (C=O) groups excluding carboxylic acids is 1. The van der Waals surface area contributed by atoms with Crippen LogP contribution < -0.4 is 15.4 Å². The highest BCUT2D eigenvalue weighted by Crippen LogP contribution is 2.29. The van der Waals surface area contributed by atoms with Gasteiger partial charge in [-0.05, 0) is 36.8 Å². The largest absolute Gasteiger partial charge is 0.495 e. The lowest BCUT2D eigenvalue weighted by Crippen LogP contribution is -2.08. The second-order valence-electron chi connectivity index (χ2n) is 5.86. The van der Waals surface area contributed by atoms with Crippen LogP contribution in [0.15, 0.2) is 48.7 Å². The number of hydrogen-bond acceptors (Lipinski definition) is 6. The fourth-order valence-corrected chi connectivity index (χ4v) is 2.57. The second kappa shape index (κ2) is 8.27. The Kier molecular flexibility index (Phi) is 5.61. The molecule has 0 aliphatic heterocycles. The molecule has 3 rings (SSSR count). The minimum atomic E-state index is -0.168. The third-order valence-corrected chi connectivity index (χ3v) is 3.82. The number of carbonyl (C=O) groups is 1. The van der Waals surface area contributed by atoms with Gasteiger partial charge in [0.05, 0.1) is 12.8 Å². The highest BCUT2D eigenvalue weighted by Gasteiger charge is 2.10. The summed E-state index contributed by atoms with van der Waals surface area (Å²) in [7, 11) is 1.56. The average molecular weight is 363 g/mol. The van der Waals surface area contributed by atoms with Gasteiger partial charge in [-0.25, -0.2) is 9.97 Å². The first-order valence-electron chi connectivity index (χ1n) is 8.61. The van der Waals surface area contributed by atoms with Gasteiger partial charge in [-0.15, -0.1) is 0 Å². The number of ether oxygens (including phenoxy) is 1. The number of benzene rings is 1. The van der Waals surface area contributed by atoms with Gasteiger partial charge in [0.1, 0.15) is 17.3 Å². The minimum Gasteiger partial charge on any atom is -0.495 e. The van der Waals surface area contributed by atoms with Crippen LogP contribution in [0.4, 0.5) is 17.2 Å². The van der Waals surface area contributed by atoms with Gasteiger partial charge >= 0.3 is 0 Å². The van der Waals surface area contributed by atoms with E-state index in [1.807, 2.05) is 37.3 Å². The number of methoxy groups -OCH3 is 1. The predicted molar refractivity (Wildman–Crippen MR) is 105 cm³/mol. The third-order valence-electron chi connectivity index (χ3n) is 3.82. The van der Waals surface area contributed by atoms with Crippen molar-refractivity contribution in [3.63, 3.8) is 0 Å². The van der Waals surface area contributed by atoms with Crippen molar-refractivity contribution < 1.29 is 9.53 Å². The van der Waals surface area contributed by atoms with Crippen LogP contribution in [0.3, 0.4) is 0 Å². The first-order chi connectivity index (χ1) is 13.1. The number of pyridine rings is 1. The fourth-order valence-electron chi connectivity index (χ4n) is 2.57. The first-order valence-corrected chi connectivity index (χ1v) is 8.61. The zero-order chi connectivity index (χ0) is 19.2. The smallest absolute Gasteiger partial charge is 0.221 e. The van der Waals surface area contributed by atoms with Crippen molar-refractivity contribution >= 4 is 23.1 Å². The lowest BCUT2D eigenvalue weighted by molar-refractivity contribution is -0.114. The van der Waals surface area contributed by atoms with Gasteiger partial charge in [0.15, 0.2) is 5.82 Å². The summed E-state index contributed by atoms with van der Waals surface area (Å²) in [4.78, 5) is 24.9. The molecule has 138 valence electrons. The van der Waals surface area contributed by atoms with E-state index in [9.17, 15) is 4.79 Å². The highest BCUT2D eigenvalue weighted by molar-refractivity contribution is 5.91. The summed E-state index contributed by atoms with van der Waals surface area (Å²) in [6.45, 7) is 3.49. The summed E-state index contributed by atoms with van der Waals surface area (Å²) in [6, 6.07) is 13.0. The number of hydrogen-bond donors (Lipinski definition) is 2. The number of rotatable bonds is 6. The van der Waals surface area contributed by atoms with Crippen molar-refractivity contribution in [1.29, 1.82) is 0 Å². The molecule has 0 unspecified atom stereocenters. The van der Waals surface area contributed by atoms with E-state index in [2.05, 4.69) is 25.6 Å². The van der Waals surface area contributed by atoms with E-state index in [4.69, 9.17) is 4.74 Å². The summed E-state index contributed by atoms with van der Waals surface area (Å²) < 4.78 is 5.29. The molecule has 0 saturated carbocycles. The molecule has 0 atom stereocenters. The Labute approximate surface area is 157 Å². The summed E-state index contributed by atoms with van der Waals surface area (Å²) in [5, 5.41) is 6.03. The van der Waals surface area contributed by atoms with E-state index < -0.39 is 0 Å². The molecule has 2 aromatic heterocycles. The second-order valence-corrected chi connectivity index (χ2v) is 5.86. The molecule has 7 nitrogen and oxygen atoms in total. The van der Waals surface area contributed by atoms with Gasteiger partial charge in [-0.1, -0.05) is 13.0 Å². The summed E-state index contributed by atoms with van der Waals surface area (Å²) >= 11 is 0. The van der Waals surface area contributed by atoms with Crippen molar-refractivity contribution in [1.82, 2.24) is 15.0 Å². The number of amides is 1. The number of aryl methyl sites for hydroxylation is 1. The quantitative estimate of drug-likeness (QED) is 0.692. The Morgan fingerprint density at radius 3 is 2.67 bits per heavy atom. The molecule has 2 heterocycles. The number of anilines is 3. The predicted octanol–water partition coefficient (Wildman–Crippen LogP) is 3.81. The fraction of sp³-hybridized carbons (Fsp3) is 0.200. The van der Waals surface area contributed by atoms with E-state index in [0.29, 0.717) is 28.8 Å². The molecule has 0 fully saturated rings. The van der Waals surface area contributed by atoms with E-state index in [1.165, 1.54) is 6.92 Å². The van der Waals surface area contributed by atoms with Crippen LogP contribution in [0.1, 0.15) is 19.5 Å². The zero-order valence-electron chi connectivity index (χ0n) is 15.5. The Hall–Kier alpha value is -3.48. The maximum atomic E-state index is 11.4. The molecule has 3 aromatic rings. The molecule has 0 aliphatic rings. The molecule has 27 heavy (non-hydrogen) atoms. The van der Waals surface area contributed by atoms with Gasteiger partial charge < -0.3 is 15.4 Å². The lowest BCUT2D eigenvalue weighted by Gasteiger charge is -2.13. The lowest BCUT2D eigenvalue weighted by atomic mass is 10.2. The van der Waals surface area contributed by atoms with Gasteiger partial charge in [-0.2, -0.15) is 0 Å². The SMILES string of the molecule is CCc1cc(Nc2ccc(OC)c(NC(C)=O)c2)nc(-c2ccccn2)n1. The Morgan fingerprint density at radius 1 is 1.15 bits per heavy atom. The first kappa shape index (κ1) is 18.3. The van der Waals surface area contributed by atoms with Crippen molar-refractivity contribution in [3.8, 4) is 17.3 Å². The van der Waals surface area contributed by atoms with Gasteiger partial charge in [0, 0.05) is 30.6 Å². The summed E-state index contributed by atoms with van der Waals surface area (Å²) in [6.07, 6.45) is 2.49. The van der Waals surface area contributed by atoms with E-state index in [-0.39, 0.29) is 5.91 Å². The molecule has 7 heteroatoms. The van der Waals surface area contributed by atoms with E-state index in [1.54, 1.807) is 25.4 Å². The molecule has 2 N–H and O–H groups in total. The number of nitrogens with one attached hydrogen (secondary N) is 2. The Balaban J connectivity index is 1.94. The van der Waals surface area contributed by atoms with Gasteiger partial charge in [0.2, 0.25) is 5.91 Å². The van der Waals surface area contributed by atoms with Crippen molar-refractivity contribution in [3.05, 3.63) is 54.4 Å². The van der Waals surface area contributed by atoms with Gasteiger partial charge in [-0.3, -0.25) is 9.78 Å². The van der Waals surface area contributed by atoms with Crippen LogP contribution in [0.5, 0.6) is 5.75 Å². The van der Waals surface area contributed by atoms with Crippen molar-refractivity contribution in [2.45, 2.75) is 20.3 Å². The Bertz CT molecular complexity index is 944. The molecule has 0 aliphatic carbocycles. The van der Waals surface area contributed by atoms with Crippen molar-refractivity contribution in [2.75, 3.05) is 17.7 Å². The van der Waals surface area contributed by atoms with Crippen LogP contribution in [0.25, 0.3) is 11.5 Å². The molecular formula is C20H21N5O2. The topological polar surface area (TPSA) is 89.0 Å². The molecule has 0 bridgehead atoms. The van der Waals surface area contributed by atoms with Crippen LogP contribution in [-0.4, -0.2) is 28.0 Å². The number of nitrogens with zero attached hydrogens (tertiary/aromatic N) is 3. The molecule has 1 aromatic carbocycles. The number of aromatic nitrogens is 3. The standard InChI is InChI=1S/C20H21N5O2/c1-4-14-12-19(25-20(24-14)16-7-5-6-10-21-16)23-15-8-9-18(27-3)17(11-15)22-13(2)26/h5-12H,4H2,1-3H3,(H,22,26)(H,23,24,25). The van der Waals surface area contributed by atoms with Crippen LogP contribution in [0, 0.1) is 0 Å². The van der Waals surface area contributed by atoms with Crippen LogP contribution >= 0.6 is 0 Å². The van der Waals surface area contributed by atoms with Crippen molar-refractivity contribution in [2.24, 2.45) is 0 Å². The molecule has 0 spiro atoms. The normalized spacial score (nSPS) is 10.3.